The number of hydrogen-bond acceptors (Lipinski definition) is 2. The fraction of sp³-hybridized carbons (Fsp3) is 0.167. The van der Waals surface area contributed by atoms with Crippen molar-refractivity contribution in [2.45, 2.75) is 6.42 Å². The smallest absolute Gasteiger partial charge is 0.174 e. The molecule has 0 spiro atoms. The van der Waals surface area contributed by atoms with Crippen LogP contribution in [0.2, 0.25) is 0 Å². The molecule has 0 saturated carbocycles. The predicted molar refractivity (Wildman–Crippen MR) is 90.1 cm³/mol. The Balaban J connectivity index is 1.55. The number of hydrogen-bond donors (Lipinski definition) is 1. The van der Waals surface area contributed by atoms with Crippen LogP contribution in [0, 0.1) is 0 Å². The summed E-state index contributed by atoms with van der Waals surface area (Å²) in [5, 5.41) is 1.02. The van der Waals surface area contributed by atoms with Crippen LogP contribution in [0.5, 0.6) is 0 Å². The number of fused-ring (bicyclic) bond motifs is 1. The van der Waals surface area contributed by atoms with Gasteiger partial charge in [0.1, 0.15) is 0 Å². The number of H-pyrrole nitrogens is 1. The lowest BCUT2D eigenvalue weighted by Crippen LogP contribution is -2.02. The molecular weight excluding hydrogens is 278 g/mol. The standard InChI is InChI=1S/C18H17NOS/c20-18(13-21-11-10-14-6-2-1-3-7-14)16-12-19-17-9-5-4-8-15(16)17/h1-9,12,19H,10-11,13H2. The lowest BCUT2D eigenvalue weighted by Gasteiger charge is -2.02. The van der Waals surface area contributed by atoms with Crippen LogP contribution >= 0.6 is 11.8 Å². The summed E-state index contributed by atoms with van der Waals surface area (Å²) in [6, 6.07) is 18.3. The third-order valence-electron chi connectivity index (χ3n) is 3.50. The second-order valence-electron chi connectivity index (χ2n) is 4.96. The predicted octanol–water partition coefficient (Wildman–Crippen LogP) is 4.33. The first-order chi connectivity index (χ1) is 10.3. The van der Waals surface area contributed by atoms with Crippen LogP contribution in [0.3, 0.4) is 0 Å². The normalized spacial score (nSPS) is 10.9. The monoisotopic (exact) mass is 295 g/mol. The van der Waals surface area contributed by atoms with Crippen LogP contribution in [-0.2, 0) is 6.42 Å². The molecule has 0 radical (unpaired) electrons. The molecular formula is C18H17NOS. The average Bonchev–Trinajstić information content (AvgIpc) is 2.96. The van der Waals surface area contributed by atoms with Crippen LogP contribution in [0.1, 0.15) is 15.9 Å². The van der Waals surface area contributed by atoms with E-state index >= 15 is 0 Å². The highest BCUT2D eigenvalue weighted by molar-refractivity contribution is 7.99. The van der Waals surface area contributed by atoms with Crippen LogP contribution < -0.4 is 0 Å². The topological polar surface area (TPSA) is 32.9 Å². The van der Waals surface area contributed by atoms with Crippen LogP contribution in [0.25, 0.3) is 10.9 Å². The van der Waals surface area contributed by atoms with Crippen LogP contribution in [0.15, 0.2) is 60.8 Å². The molecule has 2 nitrogen and oxygen atoms in total. The Morgan fingerprint density at radius 3 is 2.62 bits per heavy atom. The minimum Gasteiger partial charge on any atom is -0.360 e. The van der Waals surface area contributed by atoms with Crippen molar-refractivity contribution < 1.29 is 4.79 Å². The van der Waals surface area contributed by atoms with Gasteiger partial charge in [-0.05, 0) is 23.8 Å². The first kappa shape index (κ1) is 14.0. The number of thioether (sulfide) groups is 1. The number of para-hydroxylation sites is 1. The Morgan fingerprint density at radius 2 is 1.76 bits per heavy atom. The summed E-state index contributed by atoms with van der Waals surface area (Å²) in [7, 11) is 0. The number of aromatic nitrogens is 1. The second-order valence-corrected chi connectivity index (χ2v) is 6.06. The van der Waals surface area contributed by atoms with Crippen molar-refractivity contribution >= 4 is 28.4 Å². The van der Waals surface area contributed by atoms with Gasteiger partial charge in [-0.2, -0.15) is 11.8 Å². The van der Waals surface area contributed by atoms with Gasteiger partial charge in [-0.15, -0.1) is 0 Å². The van der Waals surface area contributed by atoms with E-state index in [0.717, 1.165) is 28.6 Å². The maximum atomic E-state index is 12.3. The first-order valence-corrected chi connectivity index (χ1v) is 8.21. The molecule has 0 bridgehead atoms. The first-order valence-electron chi connectivity index (χ1n) is 7.05. The minimum absolute atomic E-state index is 0.200. The number of nitrogens with one attached hydrogen (secondary N) is 1. The van der Waals surface area contributed by atoms with Gasteiger partial charge in [-0.3, -0.25) is 4.79 Å². The highest BCUT2D eigenvalue weighted by atomic mass is 32.2. The van der Waals surface area contributed by atoms with E-state index in [2.05, 4.69) is 29.2 Å². The molecule has 1 aromatic heterocycles. The van der Waals surface area contributed by atoms with E-state index in [1.54, 1.807) is 11.8 Å². The van der Waals surface area contributed by atoms with Crippen molar-refractivity contribution in [1.82, 2.24) is 4.98 Å². The number of aromatic amines is 1. The number of rotatable bonds is 6. The summed E-state index contributed by atoms with van der Waals surface area (Å²) in [5.74, 6) is 1.71. The highest BCUT2D eigenvalue weighted by Gasteiger charge is 2.11. The van der Waals surface area contributed by atoms with E-state index < -0.39 is 0 Å². The molecule has 3 aromatic rings. The fourth-order valence-corrected chi connectivity index (χ4v) is 3.24. The molecule has 0 unspecified atom stereocenters. The van der Waals surface area contributed by atoms with Gasteiger partial charge in [0, 0.05) is 22.7 Å². The molecule has 0 amide bonds. The van der Waals surface area contributed by atoms with E-state index in [1.165, 1.54) is 5.56 Å². The number of Topliss-reactive ketones (excluding diaryl/α,β-unsaturated/α-hetero) is 1. The van der Waals surface area contributed by atoms with Gasteiger partial charge in [0.05, 0.1) is 5.75 Å². The molecule has 2 aromatic carbocycles. The van der Waals surface area contributed by atoms with Gasteiger partial charge in [0.15, 0.2) is 5.78 Å². The molecule has 0 aliphatic carbocycles. The van der Waals surface area contributed by atoms with Crippen molar-refractivity contribution in [2.75, 3.05) is 11.5 Å². The van der Waals surface area contributed by atoms with Crippen molar-refractivity contribution in [1.29, 1.82) is 0 Å². The van der Waals surface area contributed by atoms with E-state index in [0.29, 0.717) is 5.75 Å². The Bertz CT molecular complexity index is 733. The second kappa shape index (κ2) is 6.64. The zero-order chi connectivity index (χ0) is 14.5. The third-order valence-corrected chi connectivity index (χ3v) is 4.46. The molecule has 3 rings (SSSR count). The number of carbonyl (C=O) groups excluding carboxylic acids is 1. The number of aryl methyl sites for hydroxylation is 1. The van der Waals surface area contributed by atoms with Crippen molar-refractivity contribution in [3.8, 4) is 0 Å². The molecule has 0 fully saturated rings. The van der Waals surface area contributed by atoms with Crippen molar-refractivity contribution in [3.63, 3.8) is 0 Å². The van der Waals surface area contributed by atoms with Gasteiger partial charge in [0.25, 0.3) is 0 Å². The minimum atomic E-state index is 0.200. The molecule has 1 N–H and O–H groups in total. The molecule has 3 heteroatoms. The van der Waals surface area contributed by atoms with E-state index in [9.17, 15) is 4.79 Å². The largest absolute Gasteiger partial charge is 0.360 e. The fourth-order valence-electron chi connectivity index (χ4n) is 2.38. The van der Waals surface area contributed by atoms with Crippen molar-refractivity contribution in [3.05, 3.63) is 71.9 Å². The van der Waals surface area contributed by atoms with Crippen LogP contribution in [0.4, 0.5) is 0 Å². The highest BCUT2D eigenvalue weighted by Crippen LogP contribution is 2.19. The SMILES string of the molecule is O=C(CSCCc1ccccc1)c1c[nH]c2ccccc12. The molecule has 21 heavy (non-hydrogen) atoms. The Morgan fingerprint density at radius 1 is 1.00 bits per heavy atom. The average molecular weight is 295 g/mol. The number of carbonyl (C=O) groups is 1. The van der Waals surface area contributed by atoms with E-state index in [-0.39, 0.29) is 5.78 Å². The maximum Gasteiger partial charge on any atom is 0.174 e. The zero-order valence-electron chi connectivity index (χ0n) is 11.7. The quantitative estimate of drug-likeness (QED) is 0.542. The van der Waals surface area contributed by atoms with Gasteiger partial charge >= 0.3 is 0 Å². The third kappa shape index (κ3) is 3.37. The van der Waals surface area contributed by atoms with Crippen molar-refractivity contribution in [2.24, 2.45) is 0 Å². The van der Waals surface area contributed by atoms with Gasteiger partial charge in [-0.25, -0.2) is 0 Å². The molecule has 106 valence electrons. The summed E-state index contributed by atoms with van der Waals surface area (Å²) in [6.07, 6.45) is 2.83. The molecule has 0 aliphatic rings. The van der Waals surface area contributed by atoms with Crippen LogP contribution in [-0.4, -0.2) is 22.3 Å². The van der Waals surface area contributed by atoms with Gasteiger partial charge in [-0.1, -0.05) is 48.5 Å². The zero-order valence-corrected chi connectivity index (χ0v) is 12.5. The van der Waals surface area contributed by atoms with E-state index in [4.69, 9.17) is 0 Å². The van der Waals surface area contributed by atoms with E-state index in [1.807, 2.05) is 36.5 Å². The molecule has 0 aliphatic heterocycles. The molecule has 0 atom stereocenters. The summed E-state index contributed by atoms with van der Waals surface area (Å²) in [6.45, 7) is 0. The molecule has 0 saturated heterocycles. The lowest BCUT2D eigenvalue weighted by atomic mass is 10.1. The summed E-state index contributed by atoms with van der Waals surface area (Å²) < 4.78 is 0. The van der Waals surface area contributed by atoms with Gasteiger partial charge in [0.2, 0.25) is 0 Å². The summed E-state index contributed by atoms with van der Waals surface area (Å²) in [4.78, 5) is 15.4. The van der Waals surface area contributed by atoms with Gasteiger partial charge < -0.3 is 4.98 Å². The lowest BCUT2D eigenvalue weighted by molar-refractivity contribution is 0.102. The molecule has 1 heterocycles. The Labute approximate surface area is 128 Å². The Hall–Kier alpha value is -2.00. The number of benzene rings is 2. The number of ketones is 1. The summed E-state index contributed by atoms with van der Waals surface area (Å²) in [5.41, 5.74) is 3.15. The maximum absolute atomic E-state index is 12.3. The summed E-state index contributed by atoms with van der Waals surface area (Å²) >= 11 is 1.70. The Kier molecular flexibility index (Phi) is 4.41.